The molecular weight excluding hydrogens is 262 g/mol. The highest BCUT2D eigenvalue weighted by Crippen LogP contribution is 2.36. The van der Waals surface area contributed by atoms with Crippen molar-refractivity contribution < 1.29 is 9.53 Å². The van der Waals surface area contributed by atoms with Crippen LogP contribution in [0.1, 0.15) is 53.0 Å². The van der Waals surface area contributed by atoms with E-state index in [1.807, 2.05) is 12.1 Å². The van der Waals surface area contributed by atoms with E-state index in [2.05, 4.69) is 52.1 Å². The molecule has 0 aliphatic heterocycles. The van der Waals surface area contributed by atoms with Crippen molar-refractivity contribution in [2.24, 2.45) is 5.41 Å². The molecule has 1 N–H and O–H groups in total. The number of ether oxygens (including phenoxy) is 1. The molecule has 0 atom stereocenters. The molecule has 1 rings (SSSR count). The second-order valence-electron chi connectivity index (χ2n) is 7.42. The van der Waals surface area contributed by atoms with Crippen LogP contribution in [0.2, 0.25) is 0 Å². The number of nitrogens with one attached hydrogen (secondary N) is 1. The fourth-order valence-electron chi connectivity index (χ4n) is 2.85. The highest BCUT2D eigenvalue weighted by molar-refractivity contribution is 5.45. The van der Waals surface area contributed by atoms with Gasteiger partial charge >= 0.3 is 0 Å². The number of rotatable bonds is 8. The molecule has 3 heteroatoms. The van der Waals surface area contributed by atoms with Gasteiger partial charge in [0.25, 0.3) is 0 Å². The molecule has 0 radical (unpaired) electrons. The van der Waals surface area contributed by atoms with E-state index in [4.69, 9.17) is 4.74 Å². The summed E-state index contributed by atoms with van der Waals surface area (Å²) in [6, 6.07) is 8.38. The van der Waals surface area contributed by atoms with E-state index in [9.17, 15) is 4.79 Å². The quantitative estimate of drug-likeness (QED) is 0.582. The van der Waals surface area contributed by atoms with Crippen LogP contribution in [-0.2, 0) is 10.2 Å². The summed E-state index contributed by atoms with van der Waals surface area (Å²) in [6.45, 7) is 12.7. The molecule has 0 aliphatic carbocycles. The van der Waals surface area contributed by atoms with Crippen LogP contribution in [0.5, 0.6) is 5.75 Å². The third kappa shape index (κ3) is 6.65. The minimum Gasteiger partial charge on any atom is -0.494 e. The normalized spacial score (nSPS) is 12.0. The van der Waals surface area contributed by atoms with E-state index in [0.717, 1.165) is 18.6 Å². The van der Waals surface area contributed by atoms with Crippen molar-refractivity contribution in [1.82, 2.24) is 5.32 Å². The number of carbonyl (C=O) groups excluding carboxylic acids is 1. The predicted molar refractivity (Wildman–Crippen MR) is 87.7 cm³/mol. The first-order chi connectivity index (χ1) is 9.74. The van der Waals surface area contributed by atoms with Gasteiger partial charge in [0.1, 0.15) is 5.75 Å². The van der Waals surface area contributed by atoms with Crippen molar-refractivity contribution in [3.63, 3.8) is 0 Å². The van der Waals surface area contributed by atoms with Gasteiger partial charge in [0.2, 0.25) is 6.41 Å². The molecule has 0 unspecified atom stereocenters. The van der Waals surface area contributed by atoms with Gasteiger partial charge in [-0.15, -0.1) is 0 Å². The van der Waals surface area contributed by atoms with E-state index in [-0.39, 0.29) is 5.41 Å². The Morgan fingerprint density at radius 1 is 1.10 bits per heavy atom. The molecule has 0 saturated heterocycles. The predicted octanol–water partition coefficient (Wildman–Crippen LogP) is 3.92. The lowest BCUT2D eigenvalue weighted by molar-refractivity contribution is -0.109. The topological polar surface area (TPSA) is 38.3 Å². The maximum Gasteiger partial charge on any atom is 0.207 e. The Balaban J connectivity index is 2.55. The van der Waals surface area contributed by atoms with E-state index in [1.165, 1.54) is 5.56 Å². The lowest BCUT2D eigenvalue weighted by Crippen LogP contribution is -2.24. The van der Waals surface area contributed by atoms with Crippen LogP contribution in [0.15, 0.2) is 24.3 Å². The fourth-order valence-corrected chi connectivity index (χ4v) is 2.85. The van der Waals surface area contributed by atoms with E-state index >= 15 is 0 Å². The maximum atomic E-state index is 10.1. The summed E-state index contributed by atoms with van der Waals surface area (Å²) in [4.78, 5) is 10.1. The number of hydrogen-bond acceptors (Lipinski definition) is 2. The van der Waals surface area contributed by atoms with Gasteiger partial charge in [-0.2, -0.15) is 0 Å². The summed E-state index contributed by atoms with van der Waals surface area (Å²) < 4.78 is 5.67. The molecule has 0 fully saturated rings. The number of carbonyl (C=O) groups is 1. The molecule has 1 aromatic carbocycles. The summed E-state index contributed by atoms with van der Waals surface area (Å²) in [5.74, 6) is 0.886. The van der Waals surface area contributed by atoms with Gasteiger partial charge in [-0.1, -0.05) is 46.8 Å². The van der Waals surface area contributed by atoms with E-state index < -0.39 is 0 Å². The van der Waals surface area contributed by atoms with Crippen LogP contribution >= 0.6 is 0 Å². The molecule has 0 aromatic heterocycles. The summed E-state index contributed by atoms with van der Waals surface area (Å²) >= 11 is 0. The van der Waals surface area contributed by atoms with Crippen molar-refractivity contribution >= 4 is 6.41 Å². The molecule has 0 spiro atoms. The third-order valence-corrected chi connectivity index (χ3v) is 3.43. The Morgan fingerprint density at radius 3 is 2.24 bits per heavy atom. The highest BCUT2D eigenvalue weighted by atomic mass is 16.5. The molecule has 1 amide bonds. The zero-order valence-electron chi connectivity index (χ0n) is 14.0. The molecule has 21 heavy (non-hydrogen) atoms. The maximum absolute atomic E-state index is 10.1. The zero-order valence-corrected chi connectivity index (χ0v) is 14.0. The van der Waals surface area contributed by atoms with Crippen molar-refractivity contribution in [1.29, 1.82) is 0 Å². The summed E-state index contributed by atoms with van der Waals surface area (Å²) in [6.07, 6.45) is 2.67. The molecule has 3 nitrogen and oxygen atoms in total. The number of amides is 1. The first kappa shape index (κ1) is 17.5. The monoisotopic (exact) mass is 291 g/mol. The van der Waals surface area contributed by atoms with Crippen molar-refractivity contribution in [3.8, 4) is 5.75 Å². The molecule has 118 valence electrons. The van der Waals surface area contributed by atoms with Crippen LogP contribution in [0.3, 0.4) is 0 Å². The van der Waals surface area contributed by atoms with Crippen LogP contribution in [0, 0.1) is 5.41 Å². The van der Waals surface area contributed by atoms with Crippen LogP contribution < -0.4 is 10.1 Å². The molecule has 0 aliphatic rings. The van der Waals surface area contributed by atoms with Gasteiger partial charge in [0.05, 0.1) is 6.61 Å². The van der Waals surface area contributed by atoms with Crippen LogP contribution in [-0.4, -0.2) is 19.6 Å². The molecule has 0 heterocycles. The second-order valence-corrected chi connectivity index (χ2v) is 7.42. The minimum atomic E-state index is 0.157. The SMILES string of the molecule is CC(C)(C)CC(C)(C)c1ccc(OCCCNC=O)cc1. The zero-order chi connectivity index (χ0) is 15.9. The average molecular weight is 291 g/mol. The van der Waals surface area contributed by atoms with Gasteiger partial charge in [-0.3, -0.25) is 4.79 Å². The molecule has 1 aromatic rings. The van der Waals surface area contributed by atoms with Gasteiger partial charge in [-0.25, -0.2) is 0 Å². The van der Waals surface area contributed by atoms with Gasteiger partial charge in [0.15, 0.2) is 0 Å². The molecular formula is C18H29NO2. The summed E-state index contributed by atoms with van der Waals surface area (Å²) in [7, 11) is 0. The van der Waals surface area contributed by atoms with Crippen molar-refractivity contribution in [3.05, 3.63) is 29.8 Å². The standard InChI is InChI=1S/C18H29NO2/c1-17(2,3)13-18(4,5)15-7-9-16(10-8-15)21-12-6-11-19-14-20/h7-10,14H,6,11-13H2,1-5H3,(H,19,20). The summed E-state index contributed by atoms with van der Waals surface area (Å²) in [5.41, 5.74) is 1.81. The van der Waals surface area contributed by atoms with Crippen molar-refractivity contribution in [2.45, 2.75) is 52.9 Å². The largest absolute Gasteiger partial charge is 0.494 e. The van der Waals surface area contributed by atoms with Gasteiger partial charge < -0.3 is 10.1 Å². The first-order valence-electron chi connectivity index (χ1n) is 7.65. The first-order valence-corrected chi connectivity index (χ1v) is 7.65. The lowest BCUT2D eigenvalue weighted by atomic mass is 9.72. The summed E-state index contributed by atoms with van der Waals surface area (Å²) in [5, 5.41) is 2.62. The van der Waals surface area contributed by atoms with Crippen LogP contribution in [0.25, 0.3) is 0 Å². The lowest BCUT2D eigenvalue weighted by Gasteiger charge is -2.33. The average Bonchev–Trinajstić information content (AvgIpc) is 2.36. The Morgan fingerprint density at radius 2 is 1.71 bits per heavy atom. The Kier molecular flexibility index (Phi) is 6.25. The van der Waals surface area contributed by atoms with Gasteiger partial charge in [0, 0.05) is 6.54 Å². The van der Waals surface area contributed by atoms with E-state index in [0.29, 0.717) is 25.0 Å². The minimum absolute atomic E-state index is 0.157. The molecule has 0 saturated carbocycles. The smallest absolute Gasteiger partial charge is 0.207 e. The molecule has 0 bridgehead atoms. The number of hydrogen-bond donors (Lipinski definition) is 1. The Hall–Kier alpha value is -1.51. The Bertz CT molecular complexity index is 430. The Labute approximate surface area is 129 Å². The van der Waals surface area contributed by atoms with Crippen LogP contribution in [0.4, 0.5) is 0 Å². The van der Waals surface area contributed by atoms with E-state index in [1.54, 1.807) is 0 Å². The fraction of sp³-hybridized carbons (Fsp3) is 0.611. The third-order valence-electron chi connectivity index (χ3n) is 3.43. The second kappa shape index (κ2) is 7.48. The number of benzene rings is 1. The van der Waals surface area contributed by atoms with Crippen molar-refractivity contribution in [2.75, 3.05) is 13.2 Å². The van der Waals surface area contributed by atoms with Gasteiger partial charge in [-0.05, 0) is 41.4 Å². The highest BCUT2D eigenvalue weighted by Gasteiger charge is 2.27.